The highest BCUT2D eigenvalue weighted by Gasteiger charge is 2.38. The summed E-state index contributed by atoms with van der Waals surface area (Å²) in [7, 11) is -2.35. The van der Waals surface area contributed by atoms with Gasteiger partial charge in [-0.3, -0.25) is 0 Å². The van der Waals surface area contributed by atoms with Crippen molar-refractivity contribution in [2.24, 2.45) is 5.92 Å². The van der Waals surface area contributed by atoms with Gasteiger partial charge in [-0.15, -0.1) is 0 Å². The Kier molecular flexibility index (Phi) is 8.52. The maximum atomic E-state index is 13.5. The van der Waals surface area contributed by atoms with Crippen LogP contribution in [0.1, 0.15) is 26.3 Å². The van der Waals surface area contributed by atoms with Gasteiger partial charge in [0.15, 0.2) is 0 Å². The standard InChI is InChI=1S/C25H32FN3O5S/c1-5-7-19-10-11-24-22(12-19)34-23(17(2)14-29(18(3)16-30)35(24,32)33)15-28(4)25(31)27-21-9-6-8-20(26)13-21/h5-13,17-18,23,30H,14-16H2,1-4H3,(H,27,31)/t17-,18+,23+/m0/s1. The lowest BCUT2D eigenvalue weighted by atomic mass is 10.0. The van der Waals surface area contributed by atoms with Gasteiger partial charge < -0.3 is 20.1 Å². The van der Waals surface area contributed by atoms with Crippen molar-refractivity contribution in [1.29, 1.82) is 0 Å². The Morgan fingerprint density at radius 3 is 2.74 bits per heavy atom. The Labute approximate surface area is 206 Å². The number of anilines is 1. The van der Waals surface area contributed by atoms with Crippen molar-refractivity contribution < 1.29 is 27.4 Å². The van der Waals surface area contributed by atoms with Gasteiger partial charge in [-0.2, -0.15) is 4.31 Å². The molecule has 0 fully saturated rings. The third-order valence-electron chi connectivity index (χ3n) is 5.93. The summed E-state index contributed by atoms with van der Waals surface area (Å²) >= 11 is 0. The number of benzene rings is 2. The molecule has 2 aromatic carbocycles. The lowest BCUT2D eigenvalue weighted by molar-refractivity contribution is 0.0830. The van der Waals surface area contributed by atoms with Gasteiger partial charge >= 0.3 is 6.03 Å². The zero-order valence-corrected chi connectivity index (χ0v) is 21.1. The molecule has 0 bridgehead atoms. The molecule has 2 N–H and O–H groups in total. The highest BCUT2D eigenvalue weighted by molar-refractivity contribution is 7.89. The molecule has 3 atom stereocenters. The van der Waals surface area contributed by atoms with Gasteiger partial charge in [0.25, 0.3) is 0 Å². The van der Waals surface area contributed by atoms with Gasteiger partial charge in [0.2, 0.25) is 10.0 Å². The molecule has 190 valence electrons. The molecule has 1 aliphatic rings. The number of halogens is 1. The number of aliphatic hydroxyl groups excluding tert-OH is 1. The highest BCUT2D eigenvalue weighted by Crippen LogP contribution is 2.34. The third kappa shape index (κ3) is 6.19. The number of nitrogens with zero attached hydrogens (tertiary/aromatic N) is 2. The summed E-state index contributed by atoms with van der Waals surface area (Å²) in [6.45, 7) is 5.26. The van der Waals surface area contributed by atoms with Crippen LogP contribution in [-0.4, -0.2) is 67.7 Å². The summed E-state index contributed by atoms with van der Waals surface area (Å²) < 4.78 is 48.0. The summed E-state index contributed by atoms with van der Waals surface area (Å²) in [5.41, 5.74) is 1.09. The van der Waals surface area contributed by atoms with Crippen LogP contribution in [0.3, 0.4) is 0 Å². The van der Waals surface area contributed by atoms with Crippen molar-refractivity contribution in [3.05, 3.63) is 59.9 Å². The molecular formula is C25H32FN3O5S. The van der Waals surface area contributed by atoms with Crippen molar-refractivity contribution in [1.82, 2.24) is 9.21 Å². The Hall–Kier alpha value is -2.95. The minimum absolute atomic E-state index is 0.00909. The maximum Gasteiger partial charge on any atom is 0.321 e. The Morgan fingerprint density at radius 2 is 2.09 bits per heavy atom. The minimum atomic E-state index is -3.94. The van der Waals surface area contributed by atoms with Crippen molar-refractivity contribution in [2.45, 2.75) is 37.8 Å². The third-order valence-corrected chi connectivity index (χ3v) is 7.95. The van der Waals surface area contributed by atoms with E-state index in [1.807, 2.05) is 26.0 Å². The first kappa shape index (κ1) is 26.7. The van der Waals surface area contributed by atoms with Crippen molar-refractivity contribution in [3.8, 4) is 5.75 Å². The number of amides is 2. The fraction of sp³-hybridized carbons (Fsp3) is 0.400. The first-order valence-electron chi connectivity index (χ1n) is 11.4. The molecule has 1 aliphatic heterocycles. The van der Waals surface area contributed by atoms with Crippen LogP contribution in [-0.2, 0) is 10.0 Å². The molecule has 35 heavy (non-hydrogen) atoms. The number of hydrogen-bond donors (Lipinski definition) is 2. The predicted molar refractivity (Wildman–Crippen MR) is 133 cm³/mol. The first-order valence-corrected chi connectivity index (χ1v) is 12.8. The van der Waals surface area contributed by atoms with E-state index in [2.05, 4.69) is 5.32 Å². The molecule has 2 aromatic rings. The fourth-order valence-corrected chi connectivity index (χ4v) is 5.72. The van der Waals surface area contributed by atoms with Crippen LogP contribution in [0.25, 0.3) is 6.08 Å². The molecule has 3 rings (SSSR count). The molecule has 2 amide bonds. The number of likely N-dealkylation sites (N-methyl/N-ethyl adjacent to an activating group) is 1. The zero-order chi connectivity index (χ0) is 25.8. The number of carbonyl (C=O) groups is 1. The number of allylic oxidation sites excluding steroid dienone is 1. The van der Waals surface area contributed by atoms with Crippen molar-refractivity contribution in [3.63, 3.8) is 0 Å². The first-order chi connectivity index (χ1) is 16.6. The molecule has 0 saturated carbocycles. The fourth-order valence-electron chi connectivity index (χ4n) is 3.89. The number of ether oxygens (including phenoxy) is 1. The summed E-state index contributed by atoms with van der Waals surface area (Å²) in [6, 6.07) is 9.36. The van der Waals surface area contributed by atoms with E-state index in [1.54, 1.807) is 32.2 Å². The molecule has 0 unspecified atom stereocenters. The van der Waals surface area contributed by atoms with E-state index in [9.17, 15) is 22.7 Å². The molecule has 0 aromatic heterocycles. The average Bonchev–Trinajstić information content (AvgIpc) is 2.81. The van der Waals surface area contributed by atoms with E-state index in [0.29, 0.717) is 5.69 Å². The second-order valence-corrected chi connectivity index (χ2v) is 10.6. The largest absolute Gasteiger partial charge is 0.487 e. The number of rotatable bonds is 6. The van der Waals surface area contributed by atoms with Crippen LogP contribution in [0.5, 0.6) is 5.75 Å². The van der Waals surface area contributed by atoms with Crippen molar-refractivity contribution >= 4 is 27.8 Å². The molecule has 0 radical (unpaired) electrons. The van der Waals surface area contributed by atoms with Crippen LogP contribution in [0.15, 0.2) is 53.4 Å². The van der Waals surface area contributed by atoms with Crippen LogP contribution in [0.4, 0.5) is 14.9 Å². The van der Waals surface area contributed by atoms with Gasteiger partial charge in [-0.05, 0) is 49.7 Å². The number of sulfonamides is 1. The lowest BCUT2D eigenvalue weighted by Crippen LogP contribution is -2.50. The second-order valence-electron chi connectivity index (χ2n) is 8.77. The van der Waals surface area contributed by atoms with Gasteiger partial charge in [-0.1, -0.05) is 31.2 Å². The number of fused-ring (bicyclic) bond motifs is 1. The van der Waals surface area contributed by atoms with Crippen LogP contribution >= 0.6 is 0 Å². The van der Waals surface area contributed by atoms with Crippen LogP contribution < -0.4 is 10.1 Å². The zero-order valence-electron chi connectivity index (χ0n) is 20.3. The van der Waals surface area contributed by atoms with E-state index in [4.69, 9.17) is 4.74 Å². The number of nitrogens with one attached hydrogen (secondary N) is 1. The predicted octanol–water partition coefficient (Wildman–Crippen LogP) is 3.79. The number of aliphatic hydroxyl groups is 1. The van der Waals surface area contributed by atoms with Crippen LogP contribution in [0.2, 0.25) is 0 Å². The summed E-state index contributed by atoms with van der Waals surface area (Å²) in [5.74, 6) is -0.594. The topological polar surface area (TPSA) is 99.2 Å². The molecule has 0 saturated heterocycles. The van der Waals surface area contributed by atoms with E-state index in [1.165, 1.54) is 33.5 Å². The van der Waals surface area contributed by atoms with Gasteiger partial charge in [0, 0.05) is 31.2 Å². The molecule has 8 nitrogen and oxygen atoms in total. The summed E-state index contributed by atoms with van der Waals surface area (Å²) in [6.07, 6.45) is 3.12. The smallest absolute Gasteiger partial charge is 0.321 e. The van der Waals surface area contributed by atoms with Crippen molar-refractivity contribution in [2.75, 3.05) is 32.1 Å². The monoisotopic (exact) mass is 505 g/mol. The molecule has 0 aliphatic carbocycles. The summed E-state index contributed by atoms with van der Waals surface area (Å²) in [5, 5.41) is 12.4. The summed E-state index contributed by atoms with van der Waals surface area (Å²) in [4.78, 5) is 14.2. The highest BCUT2D eigenvalue weighted by atomic mass is 32.2. The number of hydrogen-bond acceptors (Lipinski definition) is 5. The van der Waals surface area contributed by atoms with E-state index < -0.39 is 34.0 Å². The van der Waals surface area contributed by atoms with Gasteiger partial charge in [0.1, 0.15) is 22.6 Å². The molecule has 1 heterocycles. The Balaban J connectivity index is 1.93. The maximum absolute atomic E-state index is 13.5. The average molecular weight is 506 g/mol. The molecule has 0 spiro atoms. The van der Waals surface area contributed by atoms with E-state index >= 15 is 0 Å². The van der Waals surface area contributed by atoms with Gasteiger partial charge in [0.05, 0.1) is 13.2 Å². The molecular weight excluding hydrogens is 473 g/mol. The minimum Gasteiger partial charge on any atom is -0.487 e. The van der Waals surface area contributed by atoms with Crippen LogP contribution in [0, 0.1) is 11.7 Å². The lowest BCUT2D eigenvalue weighted by Gasteiger charge is -2.37. The second kappa shape index (κ2) is 11.2. The Bertz CT molecular complexity index is 1190. The quantitative estimate of drug-likeness (QED) is 0.622. The number of urea groups is 1. The van der Waals surface area contributed by atoms with E-state index in [-0.39, 0.29) is 36.3 Å². The normalized spacial score (nSPS) is 20.9. The van der Waals surface area contributed by atoms with Gasteiger partial charge in [-0.25, -0.2) is 17.6 Å². The number of carbonyl (C=O) groups excluding carboxylic acids is 1. The molecule has 10 heteroatoms. The Morgan fingerprint density at radius 1 is 1.34 bits per heavy atom. The van der Waals surface area contributed by atoms with E-state index in [0.717, 1.165) is 5.56 Å². The SMILES string of the molecule is CC=Cc1ccc2c(c1)O[C@H](CN(C)C(=O)Nc1cccc(F)c1)[C@@H](C)CN([C@H](C)CO)S2(=O)=O.